The summed E-state index contributed by atoms with van der Waals surface area (Å²) in [6.07, 6.45) is 1.60. The van der Waals surface area contributed by atoms with Crippen LogP contribution in [0.25, 0.3) is 0 Å². The lowest BCUT2D eigenvalue weighted by Gasteiger charge is -2.11. The lowest BCUT2D eigenvalue weighted by atomic mass is 10.2. The summed E-state index contributed by atoms with van der Waals surface area (Å²) in [5.41, 5.74) is 2.53. The van der Waals surface area contributed by atoms with Gasteiger partial charge in [-0.3, -0.25) is 4.79 Å². The van der Waals surface area contributed by atoms with Crippen molar-refractivity contribution in [2.75, 3.05) is 24.9 Å². The number of amides is 1. The van der Waals surface area contributed by atoms with E-state index >= 15 is 0 Å². The normalized spacial score (nSPS) is 10.2. The number of ether oxygens (including phenoxy) is 2. The third-order valence-electron chi connectivity index (χ3n) is 3.77. The Bertz CT molecular complexity index is 928. The summed E-state index contributed by atoms with van der Waals surface area (Å²) >= 11 is 5.87. The number of hydrogen-bond donors (Lipinski definition) is 2. The van der Waals surface area contributed by atoms with Gasteiger partial charge in [-0.2, -0.15) is 0 Å². The molecule has 0 bridgehead atoms. The predicted molar refractivity (Wildman–Crippen MR) is 106 cm³/mol. The van der Waals surface area contributed by atoms with Crippen molar-refractivity contribution in [3.05, 3.63) is 71.5 Å². The number of nitrogens with zero attached hydrogens (tertiary/aromatic N) is 1. The SMILES string of the molecule is COc1ccc(NC(=O)c2ccc(Nc3ccc(Cl)cc3)cn2)cc1OC. The number of benzene rings is 2. The molecule has 7 heteroatoms. The summed E-state index contributed by atoms with van der Waals surface area (Å²) in [7, 11) is 3.09. The lowest BCUT2D eigenvalue weighted by molar-refractivity contribution is 0.102. The van der Waals surface area contributed by atoms with Gasteiger partial charge in [-0.1, -0.05) is 11.6 Å². The highest BCUT2D eigenvalue weighted by atomic mass is 35.5. The molecule has 3 aromatic rings. The van der Waals surface area contributed by atoms with E-state index in [-0.39, 0.29) is 5.91 Å². The molecule has 1 amide bonds. The standard InChI is InChI=1S/C20H18ClN3O3/c1-26-18-10-8-15(11-19(18)27-2)24-20(25)17-9-7-16(12-22-17)23-14-5-3-13(21)4-6-14/h3-12,23H,1-2H3,(H,24,25). The number of carbonyl (C=O) groups is 1. The molecular formula is C20H18ClN3O3. The number of rotatable bonds is 6. The first kappa shape index (κ1) is 18.5. The Morgan fingerprint density at radius 2 is 1.56 bits per heavy atom. The van der Waals surface area contributed by atoms with E-state index in [0.29, 0.717) is 27.9 Å². The molecule has 2 aromatic carbocycles. The summed E-state index contributed by atoms with van der Waals surface area (Å²) in [5.74, 6) is 0.803. The Hall–Kier alpha value is -3.25. The van der Waals surface area contributed by atoms with Gasteiger partial charge in [0.05, 0.1) is 26.1 Å². The van der Waals surface area contributed by atoms with Crippen LogP contribution in [0.4, 0.5) is 17.1 Å². The van der Waals surface area contributed by atoms with Crippen LogP contribution in [-0.4, -0.2) is 25.1 Å². The smallest absolute Gasteiger partial charge is 0.274 e. The van der Waals surface area contributed by atoms with Crippen LogP contribution in [0.15, 0.2) is 60.8 Å². The quantitative estimate of drug-likeness (QED) is 0.642. The maximum absolute atomic E-state index is 12.4. The highest BCUT2D eigenvalue weighted by molar-refractivity contribution is 6.30. The summed E-state index contributed by atoms with van der Waals surface area (Å²) in [6, 6.07) is 15.9. The Morgan fingerprint density at radius 3 is 2.19 bits per heavy atom. The predicted octanol–water partition coefficient (Wildman–Crippen LogP) is 4.75. The molecule has 0 unspecified atom stereocenters. The molecule has 0 radical (unpaired) electrons. The van der Waals surface area contributed by atoms with Crippen LogP contribution in [-0.2, 0) is 0 Å². The summed E-state index contributed by atoms with van der Waals surface area (Å²) < 4.78 is 10.4. The highest BCUT2D eigenvalue weighted by Crippen LogP contribution is 2.29. The Balaban J connectivity index is 1.67. The molecule has 2 N–H and O–H groups in total. The second kappa shape index (κ2) is 8.42. The Labute approximate surface area is 162 Å². The van der Waals surface area contributed by atoms with Gasteiger partial charge in [-0.25, -0.2) is 4.98 Å². The monoisotopic (exact) mass is 383 g/mol. The fraction of sp³-hybridized carbons (Fsp3) is 0.100. The summed E-state index contributed by atoms with van der Waals surface area (Å²) in [5, 5.41) is 6.65. The van der Waals surface area contributed by atoms with Crippen molar-refractivity contribution in [1.82, 2.24) is 4.98 Å². The van der Waals surface area contributed by atoms with Crippen LogP contribution in [0.2, 0.25) is 5.02 Å². The van der Waals surface area contributed by atoms with Gasteiger partial charge in [0.2, 0.25) is 0 Å². The van der Waals surface area contributed by atoms with Crippen molar-refractivity contribution >= 4 is 34.6 Å². The van der Waals surface area contributed by atoms with E-state index in [1.54, 1.807) is 55.8 Å². The van der Waals surface area contributed by atoms with Crippen LogP contribution in [0.3, 0.4) is 0 Å². The topological polar surface area (TPSA) is 72.5 Å². The second-order valence-corrected chi connectivity index (χ2v) is 6.02. The zero-order valence-electron chi connectivity index (χ0n) is 14.8. The van der Waals surface area contributed by atoms with Crippen molar-refractivity contribution in [2.24, 2.45) is 0 Å². The summed E-state index contributed by atoms with van der Waals surface area (Å²) in [6.45, 7) is 0. The number of carbonyl (C=O) groups excluding carboxylic acids is 1. The minimum absolute atomic E-state index is 0.298. The van der Waals surface area contributed by atoms with Gasteiger partial charge in [0, 0.05) is 22.5 Å². The highest BCUT2D eigenvalue weighted by Gasteiger charge is 2.10. The zero-order chi connectivity index (χ0) is 19.2. The first-order valence-corrected chi connectivity index (χ1v) is 8.49. The van der Waals surface area contributed by atoms with Gasteiger partial charge >= 0.3 is 0 Å². The third-order valence-corrected chi connectivity index (χ3v) is 4.02. The van der Waals surface area contributed by atoms with Gasteiger partial charge in [0.25, 0.3) is 5.91 Å². The largest absolute Gasteiger partial charge is 0.493 e. The average molecular weight is 384 g/mol. The van der Waals surface area contributed by atoms with Gasteiger partial charge in [0.1, 0.15) is 5.69 Å². The van der Waals surface area contributed by atoms with E-state index in [4.69, 9.17) is 21.1 Å². The molecule has 0 saturated carbocycles. The average Bonchev–Trinajstić information content (AvgIpc) is 2.70. The molecule has 0 fully saturated rings. The minimum Gasteiger partial charge on any atom is -0.493 e. The molecule has 0 aliphatic carbocycles. The molecule has 6 nitrogen and oxygen atoms in total. The number of anilines is 3. The van der Waals surface area contributed by atoms with E-state index in [1.165, 1.54) is 7.11 Å². The maximum atomic E-state index is 12.4. The van der Waals surface area contributed by atoms with E-state index in [0.717, 1.165) is 11.4 Å². The third kappa shape index (κ3) is 4.68. The molecule has 0 spiro atoms. The van der Waals surface area contributed by atoms with E-state index in [1.807, 2.05) is 12.1 Å². The van der Waals surface area contributed by atoms with Crippen LogP contribution in [0.5, 0.6) is 11.5 Å². The first-order chi connectivity index (χ1) is 13.1. The number of nitrogens with one attached hydrogen (secondary N) is 2. The van der Waals surface area contributed by atoms with Crippen LogP contribution in [0, 0.1) is 0 Å². The molecule has 0 aliphatic heterocycles. The van der Waals surface area contributed by atoms with Crippen molar-refractivity contribution in [3.8, 4) is 11.5 Å². The molecule has 0 aliphatic rings. The maximum Gasteiger partial charge on any atom is 0.274 e. The van der Waals surface area contributed by atoms with Gasteiger partial charge in [-0.15, -0.1) is 0 Å². The van der Waals surface area contributed by atoms with Crippen molar-refractivity contribution < 1.29 is 14.3 Å². The molecule has 0 atom stereocenters. The number of pyridine rings is 1. The molecule has 0 saturated heterocycles. The summed E-state index contributed by atoms with van der Waals surface area (Å²) in [4.78, 5) is 16.6. The fourth-order valence-corrected chi connectivity index (χ4v) is 2.54. The van der Waals surface area contributed by atoms with Crippen molar-refractivity contribution in [3.63, 3.8) is 0 Å². The second-order valence-electron chi connectivity index (χ2n) is 5.59. The minimum atomic E-state index is -0.319. The molecule has 138 valence electrons. The zero-order valence-corrected chi connectivity index (χ0v) is 15.6. The van der Waals surface area contributed by atoms with Crippen LogP contribution >= 0.6 is 11.6 Å². The Kier molecular flexibility index (Phi) is 5.78. The molecule has 3 rings (SSSR count). The lowest BCUT2D eigenvalue weighted by Crippen LogP contribution is -2.13. The molecule has 27 heavy (non-hydrogen) atoms. The van der Waals surface area contributed by atoms with Crippen LogP contribution in [0.1, 0.15) is 10.5 Å². The number of halogens is 1. The molecule has 1 aromatic heterocycles. The van der Waals surface area contributed by atoms with Crippen molar-refractivity contribution in [2.45, 2.75) is 0 Å². The van der Waals surface area contributed by atoms with E-state index in [2.05, 4.69) is 15.6 Å². The molecule has 1 heterocycles. The molecular weight excluding hydrogens is 366 g/mol. The van der Waals surface area contributed by atoms with E-state index in [9.17, 15) is 4.79 Å². The fourth-order valence-electron chi connectivity index (χ4n) is 2.41. The van der Waals surface area contributed by atoms with E-state index < -0.39 is 0 Å². The van der Waals surface area contributed by atoms with Gasteiger partial charge in [0.15, 0.2) is 11.5 Å². The first-order valence-electron chi connectivity index (χ1n) is 8.11. The van der Waals surface area contributed by atoms with Crippen LogP contribution < -0.4 is 20.1 Å². The van der Waals surface area contributed by atoms with Crippen molar-refractivity contribution in [1.29, 1.82) is 0 Å². The van der Waals surface area contributed by atoms with Gasteiger partial charge < -0.3 is 20.1 Å². The number of hydrogen-bond acceptors (Lipinski definition) is 5. The Morgan fingerprint density at radius 1 is 0.889 bits per heavy atom. The van der Waals surface area contributed by atoms with Gasteiger partial charge in [-0.05, 0) is 48.5 Å². The number of aromatic nitrogens is 1. The number of methoxy groups -OCH3 is 2.